The molecule has 3 heterocycles. The van der Waals surface area contributed by atoms with Gasteiger partial charge < -0.3 is 45.7 Å². The molecule has 0 aliphatic heterocycles. The molecule has 3 saturated carbocycles. The SMILES string of the molecule is CC.CC.COCc1cc2cc(C)c(C(=O)NC3(c4cccc5ccccc45)CC3)cc2[nH]1.Cc1cc2cc(CNC(=O)OC(C)(C)C)[nH]c2cc1C(=O)NC1(c2cccc3ccccc23)CC1.Cc1cc2cc[nH]c2cc1C(=O)NC1(c2cccc3ccccc23)CC1. The van der Waals surface area contributed by atoms with E-state index in [9.17, 15) is 19.2 Å². The number of hydrogen-bond acceptors (Lipinski definition) is 6. The summed E-state index contributed by atoms with van der Waals surface area (Å²) < 4.78 is 10.5. The van der Waals surface area contributed by atoms with E-state index in [4.69, 9.17) is 9.47 Å². The van der Waals surface area contributed by atoms with E-state index in [0.717, 1.165) is 110 Å². The summed E-state index contributed by atoms with van der Waals surface area (Å²) in [7, 11) is 1.68. The normalized spacial score (nSPS) is 14.4. The van der Waals surface area contributed by atoms with Crippen LogP contribution in [0.15, 0.2) is 188 Å². The fourth-order valence-corrected chi connectivity index (χ4v) is 13.0. The molecule has 13 nitrogen and oxygen atoms in total. The number of alkyl carbamates (subject to hydrolysis) is 1. The highest BCUT2D eigenvalue weighted by atomic mass is 16.6. The molecule has 3 fully saturated rings. The number of rotatable bonds is 13. The first-order valence-electron chi connectivity index (χ1n) is 33.1. The maximum absolute atomic E-state index is 13.4. The van der Waals surface area contributed by atoms with Crippen molar-refractivity contribution in [3.63, 3.8) is 0 Å². The first kappa shape index (κ1) is 65.5. The van der Waals surface area contributed by atoms with Gasteiger partial charge in [-0.05, 0) is 206 Å². The predicted octanol–water partition coefficient (Wildman–Crippen LogP) is 18.4. The van der Waals surface area contributed by atoms with Gasteiger partial charge in [0.1, 0.15) is 5.60 Å². The maximum atomic E-state index is 13.4. The zero-order valence-corrected chi connectivity index (χ0v) is 56.0. The van der Waals surface area contributed by atoms with Crippen LogP contribution >= 0.6 is 0 Å². The van der Waals surface area contributed by atoms with Crippen molar-refractivity contribution in [3.8, 4) is 0 Å². The Kier molecular flexibility index (Phi) is 19.0. The molecule has 0 saturated heterocycles. The number of H-pyrrole nitrogens is 3. The molecular weight excluding hydrogens is 1170 g/mol. The van der Waals surface area contributed by atoms with Gasteiger partial charge in [-0.3, -0.25) is 14.4 Å². The van der Waals surface area contributed by atoms with Crippen LogP contribution < -0.4 is 21.3 Å². The number of hydrogen-bond donors (Lipinski definition) is 7. The number of nitrogens with one attached hydrogen (secondary N) is 7. The Balaban J connectivity index is 0.000000141. The van der Waals surface area contributed by atoms with E-state index in [1.165, 1.54) is 49.0 Å². The van der Waals surface area contributed by atoms with Crippen LogP contribution in [0.1, 0.15) is 163 Å². The average Bonchev–Trinajstić information content (AvgIpc) is 1.60. The van der Waals surface area contributed by atoms with Crippen molar-refractivity contribution in [2.75, 3.05) is 7.11 Å². The lowest BCUT2D eigenvalue weighted by atomic mass is 9.96. The number of carbonyl (C=O) groups excluding carboxylic acids is 4. The molecule has 0 spiro atoms. The number of methoxy groups -OCH3 is 1. The summed E-state index contributed by atoms with van der Waals surface area (Å²) in [6.45, 7) is 20.3. The Morgan fingerprint density at radius 2 is 0.798 bits per heavy atom. The van der Waals surface area contributed by atoms with Crippen LogP contribution in [-0.4, -0.2) is 51.5 Å². The summed E-state index contributed by atoms with van der Waals surface area (Å²) in [5, 5.41) is 23.3. The van der Waals surface area contributed by atoms with Crippen molar-refractivity contribution in [2.24, 2.45) is 0 Å². The first-order chi connectivity index (χ1) is 45.4. The lowest BCUT2D eigenvalue weighted by molar-refractivity contribution is 0.0522. The average molecular weight is 1250 g/mol. The Labute approximate surface area is 550 Å². The first-order valence-corrected chi connectivity index (χ1v) is 33.1. The molecule has 3 aromatic heterocycles. The number of fused-ring (bicyclic) bond motifs is 6. The van der Waals surface area contributed by atoms with E-state index in [1.807, 2.05) is 124 Å². The van der Waals surface area contributed by atoms with Gasteiger partial charge in [0.2, 0.25) is 0 Å². The quantitative estimate of drug-likeness (QED) is 0.0603. The third kappa shape index (κ3) is 14.0. The largest absolute Gasteiger partial charge is 0.444 e. The summed E-state index contributed by atoms with van der Waals surface area (Å²) in [5.41, 5.74) is 11.9. The Morgan fingerprint density at radius 3 is 1.19 bits per heavy atom. The highest BCUT2D eigenvalue weighted by molar-refractivity contribution is 6.03. The third-order valence-corrected chi connectivity index (χ3v) is 18.0. The number of carbonyl (C=O) groups is 4. The van der Waals surface area contributed by atoms with Crippen LogP contribution in [0.5, 0.6) is 0 Å². The van der Waals surface area contributed by atoms with Gasteiger partial charge in [-0.2, -0.15) is 0 Å². The molecule has 94 heavy (non-hydrogen) atoms. The monoisotopic (exact) mass is 1250 g/mol. The van der Waals surface area contributed by atoms with Crippen molar-refractivity contribution in [3.05, 3.63) is 250 Å². The molecule has 0 atom stereocenters. The standard InChI is InChI=1S/C29H31N3O3.C25H24N2O2.C23H20N2O.2C2H6/c1-18-14-20-15-21(17-30-27(34)35-28(2,3)4)31-25(20)16-23(18)26(33)32-29(12-13-29)24-11-7-9-19-8-5-6-10-22(19)24;1-16-12-18-13-19(15-29-2)26-23(18)14-21(16)24(28)27-25(10-11-25)22-9-5-7-17-6-3-4-8-20(17)22;1-15-13-17-9-12-24-21(17)14-19(15)22(26)25-23(10-11-23)20-8-4-6-16-5-2-3-7-18(16)20;2*1-2/h5-11,14-16,31H,12-13,17H2,1-4H3,(H,30,34)(H,32,33);3-9,12-14,26H,10-11,15H2,1-2H3,(H,27,28);2-9,12-14,24H,10-11H2,1H3,(H,25,26);2*1-2H3. The number of aromatic nitrogens is 3. The zero-order chi connectivity index (χ0) is 66.5. The van der Waals surface area contributed by atoms with E-state index in [0.29, 0.717) is 18.7 Å². The lowest BCUT2D eigenvalue weighted by Crippen LogP contribution is -2.35. The van der Waals surface area contributed by atoms with Crippen LogP contribution in [0, 0.1) is 20.8 Å². The molecule has 0 radical (unpaired) electrons. The second kappa shape index (κ2) is 27.3. The van der Waals surface area contributed by atoms with E-state index < -0.39 is 11.7 Å². The van der Waals surface area contributed by atoms with Crippen molar-refractivity contribution in [1.29, 1.82) is 0 Å². The van der Waals surface area contributed by atoms with Gasteiger partial charge in [0.25, 0.3) is 17.7 Å². The van der Waals surface area contributed by atoms with Crippen molar-refractivity contribution < 1.29 is 28.7 Å². The predicted molar refractivity (Wildman–Crippen MR) is 383 cm³/mol. The summed E-state index contributed by atoms with van der Waals surface area (Å²) in [5.74, 6) is -0.0833. The molecule has 4 amide bonds. The van der Waals surface area contributed by atoms with Crippen molar-refractivity contribution in [1.82, 2.24) is 36.2 Å². The Bertz CT molecular complexity index is 4760. The van der Waals surface area contributed by atoms with Gasteiger partial charge in [-0.1, -0.05) is 155 Å². The summed E-state index contributed by atoms with van der Waals surface area (Å²) in [4.78, 5) is 61.6. The summed E-state index contributed by atoms with van der Waals surface area (Å²) in [6.07, 6.45) is 7.20. The van der Waals surface area contributed by atoms with Crippen LogP contribution in [0.25, 0.3) is 65.0 Å². The van der Waals surface area contributed by atoms with E-state index in [1.54, 1.807) is 7.11 Å². The highest BCUT2D eigenvalue weighted by Crippen LogP contribution is 2.50. The van der Waals surface area contributed by atoms with Gasteiger partial charge >= 0.3 is 6.09 Å². The third-order valence-electron chi connectivity index (χ3n) is 18.0. The minimum atomic E-state index is -0.547. The number of aryl methyl sites for hydroxylation is 3. The molecule has 7 N–H and O–H groups in total. The fraction of sp³-hybridized carbons (Fsp3) is 0.284. The number of aromatic amines is 3. The van der Waals surface area contributed by atoms with Crippen molar-refractivity contribution in [2.45, 2.75) is 143 Å². The molecule has 0 bridgehead atoms. The highest BCUT2D eigenvalue weighted by Gasteiger charge is 2.49. The molecule has 12 aromatic rings. The van der Waals surface area contributed by atoms with Crippen LogP contribution in [0.4, 0.5) is 4.79 Å². The van der Waals surface area contributed by atoms with Gasteiger partial charge in [0.15, 0.2) is 0 Å². The topological polar surface area (TPSA) is 182 Å². The fourth-order valence-electron chi connectivity index (χ4n) is 13.0. The van der Waals surface area contributed by atoms with E-state index in [-0.39, 0.29) is 34.3 Å². The molecule has 9 aromatic carbocycles. The van der Waals surface area contributed by atoms with Gasteiger partial charge in [-0.25, -0.2) is 4.79 Å². The summed E-state index contributed by atoms with van der Waals surface area (Å²) >= 11 is 0. The number of benzene rings is 9. The number of ether oxygens (including phenoxy) is 2. The second-order valence-electron chi connectivity index (χ2n) is 25.8. The minimum absolute atomic E-state index is 0.00411. The van der Waals surface area contributed by atoms with Gasteiger partial charge in [0.05, 0.1) is 29.8 Å². The van der Waals surface area contributed by atoms with E-state index >= 15 is 0 Å². The minimum Gasteiger partial charge on any atom is -0.444 e. The van der Waals surface area contributed by atoms with E-state index in [2.05, 4.69) is 170 Å². The Morgan fingerprint density at radius 1 is 0.436 bits per heavy atom. The molecule has 3 aliphatic carbocycles. The van der Waals surface area contributed by atoms with Crippen LogP contribution in [-0.2, 0) is 39.2 Å². The molecule has 13 heteroatoms. The second-order valence-corrected chi connectivity index (χ2v) is 25.8. The maximum Gasteiger partial charge on any atom is 0.407 e. The van der Waals surface area contributed by atoms with Crippen molar-refractivity contribution >= 4 is 88.8 Å². The van der Waals surface area contributed by atoms with Gasteiger partial charge in [0, 0.05) is 68.7 Å². The zero-order valence-electron chi connectivity index (χ0n) is 56.0. The van der Waals surface area contributed by atoms with Gasteiger partial charge in [-0.15, -0.1) is 0 Å². The molecule has 15 rings (SSSR count). The van der Waals surface area contributed by atoms with Crippen LogP contribution in [0.2, 0.25) is 0 Å². The molecule has 482 valence electrons. The number of amides is 4. The summed E-state index contributed by atoms with van der Waals surface area (Å²) in [6, 6.07) is 62.1. The lowest BCUT2D eigenvalue weighted by Gasteiger charge is -2.21. The Hall–Kier alpha value is -9.98. The molecular formula is C81H87N7O6. The smallest absolute Gasteiger partial charge is 0.407 e. The van der Waals surface area contributed by atoms with Crippen LogP contribution in [0.3, 0.4) is 0 Å². The molecule has 3 aliphatic rings. The molecule has 0 unspecified atom stereocenters.